The average Bonchev–Trinajstić information content (AvgIpc) is 3.25. The molecular weight excluding hydrogens is 458 g/mol. The van der Waals surface area contributed by atoms with E-state index in [0.29, 0.717) is 22.1 Å². The van der Waals surface area contributed by atoms with Crippen LogP contribution in [0.15, 0.2) is 48.9 Å². The Morgan fingerprint density at radius 1 is 1.20 bits per heavy atom. The minimum atomic E-state index is -1.83. The first-order valence-corrected chi connectivity index (χ1v) is 10.8. The number of hydrogen-bond donors (Lipinski definition) is 3. The lowest BCUT2D eigenvalue weighted by Crippen LogP contribution is -2.46. The third kappa shape index (κ3) is 2.72. The molecule has 35 heavy (non-hydrogen) atoms. The fraction of sp³-hybridized carbons (Fsp3) is 0.304. The quantitative estimate of drug-likeness (QED) is 0.359. The third-order valence-corrected chi connectivity index (χ3v) is 6.94. The number of nitrogens with two attached hydrogens (primary N) is 1. The first kappa shape index (κ1) is 21.5. The van der Waals surface area contributed by atoms with E-state index in [-0.39, 0.29) is 11.4 Å². The number of aromatic nitrogens is 4. The summed E-state index contributed by atoms with van der Waals surface area (Å²) < 4.78 is 19.0. The van der Waals surface area contributed by atoms with E-state index >= 15 is 0 Å². The van der Waals surface area contributed by atoms with Crippen LogP contribution < -0.4 is 5.73 Å². The minimum absolute atomic E-state index is 0.194. The topological polar surface area (TPSA) is 163 Å². The molecule has 180 valence electrons. The molecule has 1 aliphatic heterocycles. The number of para-hydroxylation sites is 1. The highest BCUT2D eigenvalue weighted by Gasteiger charge is 2.82. The number of methoxy groups -OCH3 is 1. The van der Waals surface area contributed by atoms with Crippen LogP contribution in [0.4, 0.5) is 10.6 Å². The van der Waals surface area contributed by atoms with E-state index in [0.717, 1.165) is 4.57 Å². The molecule has 3 aromatic heterocycles. The van der Waals surface area contributed by atoms with Gasteiger partial charge in [-0.3, -0.25) is 4.57 Å². The summed E-state index contributed by atoms with van der Waals surface area (Å²) in [5, 5.41) is 27.0. The summed E-state index contributed by atoms with van der Waals surface area (Å²) in [6.45, 7) is 1.61. The smallest absolute Gasteiger partial charge is 0.418 e. The molecule has 4 heterocycles. The van der Waals surface area contributed by atoms with E-state index in [9.17, 15) is 19.8 Å². The van der Waals surface area contributed by atoms with Gasteiger partial charge in [0, 0.05) is 11.6 Å². The molecule has 0 amide bonds. The summed E-state index contributed by atoms with van der Waals surface area (Å²) in [5.41, 5.74) is 4.32. The number of nitrogen functional groups attached to an aromatic ring is 1. The number of aliphatic hydroxyl groups excluding tert-OH is 1. The van der Waals surface area contributed by atoms with E-state index in [2.05, 4.69) is 10.1 Å². The third-order valence-electron chi connectivity index (χ3n) is 6.94. The molecule has 5 atom stereocenters. The Hall–Kier alpha value is -4.00. The number of carbonyl (C=O) groups excluding carboxylic acids is 2. The van der Waals surface area contributed by atoms with Crippen LogP contribution in [-0.2, 0) is 19.8 Å². The zero-order valence-electron chi connectivity index (χ0n) is 18.7. The van der Waals surface area contributed by atoms with Crippen LogP contribution >= 0.6 is 0 Å². The van der Waals surface area contributed by atoms with Gasteiger partial charge in [0.05, 0.1) is 23.9 Å². The number of esters is 1. The van der Waals surface area contributed by atoms with Gasteiger partial charge in [-0.05, 0) is 25.1 Å². The number of ether oxygens (including phenoxy) is 3. The van der Waals surface area contributed by atoms with Crippen molar-refractivity contribution in [3.8, 4) is 0 Å². The molecule has 2 aliphatic rings. The van der Waals surface area contributed by atoms with Gasteiger partial charge in [-0.15, -0.1) is 0 Å². The second-order valence-electron chi connectivity index (χ2n) is 8.82. The van der Waals surface area contributed by atoms with Gasteiger partial charge in [-0.25, -0.2) is 19.1 Å². The van der Waals surface area contributed by atoms with Crippen LogP contribution in [-0.4, -0.2) is 72.5 Å². The number of rotatable bonds is 3. The van der Waals surface area contributed by atoms with Gasteiger partial charge < -0.3 is 30.2 Å². The van der Waals surface area contributed by atoms with Crippen molar-refractivity contribution >= 4 is 34.3 Å². The van der Waals surface area contributed by atoms with Gasteiger partial charge in [0.1, 0.15) is 29.7 Å². The van der Waals surface area contributed by atoms with Crippen molar-refractivity contribution in [2.24, 2.45) is 0 Å². The fourth-order valence-corrected chi connectivity index (χ4v) is 5.02. The Bertz CT molecular complexity index is 1530. The highest BCUT2D eigenvalue weighted by molar-refractivity contribution is 6.06. The number of benzene rings is 1. The number of fused-ring (bicyclic) bond motifs is 3. The standard InChI is InChI=1S/C23H21N5O7/c1-22(15-8-7-14-18(24)25-10-26-28(14)15)20(30)23(32)16(17(23)35-22)34-21(31)27-9-12(19(29)33-2)11-5-3-4-6-13(11)27/h3-10,16-17,20,30,32H,1-2H3,(H2,24,25,26)/t16?,17-,20+,22+,23-/m1/s1. The Morgan fingerprint density at radius 3 is 2.69 bits per heavy atom. The summed E-state index contributed by atoms with van der Waals surface area (Å²) >= 11 is 0. The zero-order chi connectivity index (χ0) is 24.7. The first-order chi connectivity index (χ1) is 16.7. The number of hydrogen-bond acceptors (Lipinski definition) is 10. The molecule has 6 rings (SSSR count). The lowest BCUT2D eigenvalue weighted by Gasteiger charge is -2.32. The molecule has 1 aliphatic carbocycles. The molecule has 1 saturated carbocycles. The van der Waals surface area contributed by atoms with Crippen molar-refractivity contribution in [3.63, 3.8) is 0 Å². The van der Waals surface area contributed by atoms with E-state index < -0.39 is 41.6 Å². The molecule has 2 fully saturated rings. The summed E-state index contributed by atoms with van der Waals surface area (Å²) in [6, 6.07) is 10.1. The molecule has 0 bridgehead atoms. The van der Waals surface area contributed by atoms with Crippen LogP contribution in [0.25, 0.3) is 16.4 Å². The summed E-state index contributed by atoms with van der Waals surface area (Å²) in [4.78, 5) is 29.1. The largest absolute Gasteiger partial charge is 0.465 e. The molecule has 1 aromatic carbocycles. The van der Waals surface area contributed by atoms with Gasteiger partial charge in [0.2, 0.25) is 0 Å². The number of anilines is 1. The van der Waals surface area contributed by atoms with Crippen molar-refractivity contribution in [3.05, 3.63) is 60.2 Å². The molecule has 4 aromatic rings. The van der Waals surface area contributed by atoms with Gasteiger partial charge in [0.15, 0.2) is 17.5 Å². The van der Waals surface area contributed by atoms with Gasteiger partial charge in [-0.2, -0.15) is 5.10 Å². The predicted octanol–water partition coefficient (Wildman–Crippen LogP) is 0.826. The second-order valence-corrected chi connectivity index (χ2v) is 8.82. The molecule has 12 nitrogen and oxygen atoms in total. The van der Waals surface area contributed by atoms with E-state index in [4.69, 9.17) is 19.9 Å². The lowest BCUT2D eigenvalue weighted by atomic mass is 9.91. The van der Waals surface area contributed by atoms with Gasteiger partial charge in [-0.1, -0.05) is 18.2 Å². The van der Waals surface area contributed by atoms with Crippen LogP contribution in [0.3, 0.4) is 0 Å². The maximum Gasteiger partial charge on any atom is 0.418 e. The van der Waals surface area contributed by atoms with Crippen LogP contribution in [0.5, 0.6) is 0 Å². The Labute approximate surface area is 197 Å². The fourth-order valence-electron chi connectivity index (χ4n) is 5.02. The minimum Gasteiger partial charge on any atom is -0.465 e. The van der Waals surface area contributed by atoms with E-state index in [1.54, 1.807) is 43.3 Å². The summed E-state index contributed by atoms with van der Waals surface area (Å²) in [7, 11) is 1.25. The highest BCUT2D eigenvalue weighted by atomic mass is 16.7. The van der Waals surface area contributed by atoms with Crippen molar-refractivity contribution in [1.82, 2.24) is 19.2 Å². The highest BCUT2D eigenvalue weighted by Crippen LogP contribution is 2.59. The molecule has 0 spiro atoms. The number of aliphatic hydroxyl groups is 2. The van der Waals surface area contributed by atoms with Gasteiger partial charge in [0.25, 0.3) is 0 Å². The predicted molar refractivity (Wildman–Crippen MR) is 120 cm³/mol. The normalized spacial score (nSPS) is 29.3. The first-order valence-electron chi connectivity index (χ1n) is 10.8. The molecule has 4 N–H and O–H groups in total. The van der Waals surface area contributed by atoms with Crippen LogP contribution in [0.2, 0.25) is 0 Å². The Balaban J connectivity index is 1.28. The average molecular weight is 479 g/mol. The van der Waals surface area contributed by atoms with Crippen molar-refractivity contribution in [1.29, 1.82) is 0 Å². The molecular formula is C23H21N5O7. The SMILES string of the molecule is COC(=O)c1cn(C(=O)OC2[C@H]3O[C@@](C)(c4ccc5c(N)ncnn45)[C@H](O)[C@@]23O)c2ccccc12. The molecule has 1 saturated heterocycles. The summed E-state index contributed by atoms with van der Waals surface area (Å²) in [5.74, 6) is -0.351. The van der Waals surface area contributed by atoms with Gasteiger partial charge >= 0.3 is 12.1 Å². The monoisotopic (exact) mass is 479 g/mol. The molecule has 1 unspecified atom stereocenters. The molecule has 12 heteroatoms. The second kappa shape index (κ2) is 7.01. The van der Waals surface area contributed by atoms with Crippen LogP contribution in [0, 0.1) is 0 Å². The van der Waals surface area contributed by atoms with Crippen LogP contribution in [0.1, 0.15) is 23.0 Å². The maximum atomic E-state index is 13.0. The summed E-state index contributed by atoms with van der Waals surface area (Å²) in [6.07, 6.45) is -1.78. The van der Waals surface area contributed by atoms with E-state index in [1.807, 2.05) is 0 Å². The maximum absolute atomic E-state index is 13.0. The Kier molecular flexibility index (Phi) is 4.31. The number of nitrogens with zero attached hydrogens (tertiary/aromatic N) is 4. The van der Waals surface area contributed by atoms with E-state index in [1.165, 1.54) is 24.1 Å². The van der Waals surface area contributed by atoms with Crippen molar-refractivity contribution in [2.75, 3.05) is 12.8 Å². The molecule has 0 radical (unpaired) electrons. The lowest BCUT2D eigenvalue weighted by molar-refractivity contribution is -0.128. The number of carbonyl (C=O) groups is 2. The zero-order valence-corrected chi connectivity index (χ0v) is 18.7. The Morgan fingerprint density at radius 2 is 1.97 bits per heavy atom. The van der Waals surface area contributed by atoms with Crippen molar-refractivity contribution in [2.45, 2.75) is 36.4 Å². The van der Waals surface area contributed by atoms with Crippen molar-refractivity contribution < 1.29 is 34.0 Å².